The van der Waals surface area contributed by atoms with E-state index in [0.29, 0.717) is 23.4 Å². The molecule has 0 radical (unpaired) electrons. The number of rotatable bonds is 6. The monoisotopic (exact) mass is 258 g/mol. The summed E-state index contributed by atoms with van der Waals surface area (Å²) >= 11 is 0. The molecule has 19 heavy (non-hydrogen) atoms. The van der Waals surface area contributed by atoms with E-state index in [-0.39, 0.29) is 0 Å². The molecular weight excluding hydrogens is 236 g/mol. The number of nitrogens with zero attached hydrogens (tertiary/aromatic N) is 1. The third kappa shape index (κ3) is 3.34. The molecule has 1 atom stereocenters. The third-order valence-electron chi connectivity index (χ3n) is 4.36. The number of benzene rings is 1. The summed E-state index contributed by atoms with van der Waals surface area (Å²) in [4.78, 5) is 0. The second-order valence-electron chi connectivity index (χ2n) is 5.90. The molecule has 1 unspecified atom stereocenters. The largest absolute Gasteiger partial charge is 0.387 e. The van der Waals surface area contributed by atoms with E-state index in [0.717, 1.165) is 12.1 Å². The third-order valence-corrected chi connectivity index (χ3v) is 4.36. The van der Waals surface area contributed by atoms with E-state index in [4.69, 9.17) is 5.26 Å². The molecule has 2 rings (SSSR count). The average molecular weight is 258 g/mol. The van der Waals surface area contributed by atoms with Gasteiger partial charge in [0.25, 0.3) is 0 Å². The van der Waals surface area contributed by atoms with Crippen LogP contribution < -0.4 is 5.32 Å². The minimum Gasteiger partial charge on any atom is -0.387 e. The van der Waals surface area contributed by atoms with Gasteiger partial charge in [-0.25, -0.2) is 0 Å². The summed E-state index contributed by atoms with van der Waals surface area (Å²) in [5, 5.41) is 22.2. The SMILES string of the molecule is CC(C)C1(CNCC(O)c2ccc(C#N)cc2)CC1. The summed E-state index contributed by atoms with van der Waals surface area (Å²) in [6.07, 6.45) is 2.09. The van der Waals surface area contributed by atoms with Gasteiger partial charge in [0.15, 0.2) is 0 Å². The number of hydrogen-bond acceptors (Lipinski definition) is 3. The molecule has 1 aliphatic rings. The second-order valence-corrected chi connectivity index (χ2v) is 5.90. The molecular formula is C16H22N2O. The first kappa shape index (κ1) is 14.0. The summed E-state index contributed by atoms with van der Waals surface area (Å²) in [5.74, 6) is 0.701. The highest BCUT2D eigenvalue weighted by Gasteiger charge is 2.44. The smallest absolute Gasteiger partial charge is 0.0991 e. The first-order valence-electron chi connectivity index (χ1n) is 6.96. The maximum atomic E-state index is 10.1. The van der Waals surface area contributed by atoms with Gasteiger partial charge in [-0.15, -0.1) is 0 Å². The maximum Gasteiger partial charge on any atom is 0.0991 e. The lowest BCUT2D eigenvalue weighted by molar-refractivity contribution is 0.169. The van der Waals surface area contributed by atoms with Crippen molar-refractivity contribution in [3.05, 3.63) is 35.4 Å². The second kappa shape index (κ2) is 5.73. The van der Waals surface area contributed by atoms with Crippen LogP contribution in [0.25, 0.3) is 0 Å². The normalized spacial score (nSPS) is 18.1. The van der Waals surface area contributed by atoms with Crippen molar-refractivity contribution in [1.29, 1.82) is 5.26 Å². The summed E-state index contributed by atoms with van der Waals surface area (Å²) in [5.41, 5.74) is 1.95. The topological polar surface area (TPSA) is 56.0 Å². The van der Waals surface area contributed by atoms with Gasteiger partial charge in [0.05, 0.1) is 17.7 Å². The molecule has 0 aromatic heterocycles. The van der Waals surface area contributed by atoms with E-state index in [1.54, 1.807) is 12.1 Å². The van der Waals surface area contributed by atoms with Gasteiger partial charge in [-0.05, 0) is 41.9 Å². The molecule has 3 nitrogen and oxygen atoms in total. The molecule has 0 amide bonds. The van der Waals surface area contributed by atoms with E-state index in [1.807, 2.05) is 12.1 Å². The van der Waals surface area contributed by atoms with E-state index < -0.39 is 6.10 Å². The molecule has 1 aromatic rings. The van der Waals surface area contributed by atoms with Crippen molar-refractivity contribution in [3.8, 4) is 6.07 Å². The molecule has 1 aromatic carbocycles. The van der Waals surface area contributed by atoms with Crippen molar-refractivity contribution < 1.29 is 5.11 Å². The lowest BCUT2D eigenvalue weighted by atomic mass is 9.92. The zero-order chi connectivity index (χ0) is 13.9. The fourth-order valence-electron chi connectivity index (χ4n) is 2.47. The Morgan fingerprint density at radius 3 is 2.42 bits per heavy atom. The molecule has 1 saturated carbocycles. The van der Waals surface area contributed by atoms with Gasteiger partial charge in [0.2, 0.25) is 0 Å². The lowest BCUT2D eigenvalue weighted by Crippen LogP contribution is -2.30. The van der Waals surface area contributed by atoms with E-state index in [9.17, 15) is 5.11 Å². The quantitative estimate of drug-likeness (QED) is 0.824. The highest BCUT2D eigenvalue weighted by molar-refractivity contribution is 5.32. The van der Waals surface area contributed by atoms with Crippen molar-refractivity contribution in [1.82, 2.24) is 5.32 Å². The van der Waals surface area contributed by atoms with Crippen LogP contribution in [0.5, 0.6) is 0 Å². The highest BCUT2D eigenvalue weighted by Crippen LogP contribution is 2.51. The van der Waals surface area contributed by atoms with Crippen LogP contribution in [-0.2, 0) is 0 Å². The maximum absolute atomic E-state index is 10.1. The summed E-state index contributed by atoms with van der Waals surface area (Å²) < 4.78 is 0. The van der Waals surface area contributed by atoms with Crippen molar-refractivity contribution >= 4 is 0 Å². The van der Waals surface area contributed by atoms with Gasteiger partial charge in [0.1, 0.15) is 0 Å². The van der Waals surface area contributed by atoms with Gasteiger partial charge < -0.3 is 10.4 Å². The van der Waals surface area contributed by atoms with Crippen LogP contribution in [-0.4, -0.2) is 18.2 Å². The molecule has 0 aliphatic heterocycles. The first-order valence-corrected chi connectivity index (χ1v) is 6.96. The van der Waals surface area contributed by atoms with E-state index in [2.05, 4.69) is 25.2 Å². The highest BCUT2D eigenvalue weighted by atomic mass is 16.3. The van der Waals surface area contributed by atoms with E-state index in [1.165, 1.54) is 12.8 Å². The van der Waals surface area contributed by atoms with Crippen molar-refractivity contribution in [2.24, 2.45) is 11.3 Å². The van der Waals surface area contributed by atoms with Gasteiger partial charge in [-0.1, -0.05) is 26.0 Å². The molecule has 0 heterocycles. The van der Waals surface area contributed by atoms with E-state index >= 15 is 0 Å². The molecule has 1 fully saturated rings. The van der Waals surface area contributed by atoms with Gasteiger partial charge in [-0.3, -0.25) is 0 Å². The molecule has 1 aliphatic carbocycles. The Balaban J connectivity index is 1.81. The Morgan fingerprint density at radius 1 is 1.32 bits per heavy atom. The predicted molar refractivity (Wildman–Crippen MR) is 75.5 cm³/mol. The number of aliphatic hydroxyl groups excluding tert-OH is 1. The van der Waals surface area contributed by atoms with Crippen LogP contribution in [0.4, 0.5) is 0 Å². The average Bonchev–Trinajstić information content (AvgIpc) is 3.20. The van der Waals surface area contributed by atoms with Gasteiger partial charge in [0, 0.05) is 13.1 Å². The number of nitrogens with one attached hydrogen (secondary N) is 1. The van der Waals surface area contributed by atoms with Crippen molar-refractivity contribution in [2.45, 2.75) is 32.8 Å². The zero-order valence-electron chi connectivity index (χ0n) is 11.7. The van der Waals surface area contributed by atoms with Crippen LogP contribution >= 0.6 is 0 Å². The van der Waals surface area contributed by atoms with Crippen LogP contribution in [0.3, 0.4) is 0 Å². The van der Waals surface area contributed by atoms with Gasteiger partial charge in [-0.2, -0.15) is 5.26 Å². The van der Waals surface area contributed by atoms with Crippen LogP contribution in [0.1, 0.15) is 43.9 Å². The Hall–Kier alpha value is -1.37. The number of hydrogen-bond donors (Lipinski definition) is 2. The minimum absolute atomic E-state index is 0.463. The van der Waals surface area contributed by atoms with Crippen molar-refractivity contribution in [3.63, 3.8) is 0 Å². The standard InChI is InChI=1S/C16H22N2O/c1-12(2)16(7-8-16)11-18-10-15(19)14-5-3-13(9-17)4-6-14/h3-6,12,15,18-19H,7-8,10-11H2,1-2H3. The summed E-state index contributed by atoms with van der Waals surface area (Å²) in [6, 6.07) is 9.21. The molecule has 0 spiro atoms. The van der Waals surface area contributed by atoms with Crippen LogP contribution in [0, 0.1) is 22.7 Å². The fraction of sp³-hybridized carbons (Fsp3) is 0.562. The molecule has 0 saturated heterocycles. The van der Waals surface area contributed by atoms with Crippen LogP contribution in [0.2, 0.25) is 0 Å². The van der Waals surface area contributed by atoms with Crippen LogP contribution in [0.15, 0.2) is 24.3 Å². The molecule has 2 N–H and O–H groups in total. The Bertz CT molecular complexity index is 455. The minimum atomic E-state index is -0.504. The summed E-state index contributed by atoms with van der Waals surface area (Å²) in [7, 11) is 0. The first-order chi connectivity index (χ1) is 9.07. The molecule has 3 heteroatoms. The zero-order valence-corrected chi connectivity index (χ0v) is 11.7. The lowest BCUT2D eigenvalue weighted by Gasteiger charge is -2.21. The fourth-order valence-corrected chi connectivity index (χ4v) is 2.47. The number of aliphatic hydroxyl groups is 1. The van der Waals surface area contributed by atoms with Gasteiger partial charge >= 0.3 is 0 Å². The Kier molecular flexibility index (Phi) is 4.24. The number of nitriles is 1. The van der Waals surface area contributed by atoms with Crippen molar-refractivity contribution in [2.75, 3.05) is 13.1 Å². The molecule has 102 valence electrons. The Labute approximate surface area is 115 Å². The Morgan fingerprint density at radius 2 is 1.95 bits per heavy atom. The predicted octanol–water partition coefficient (Wildman–Crippen LogP) is 2.62. The summed E-state index contributed by atoms with van der Waals surface area (Å²) in [6.45, 7) is 6.09. The molecule has 0 bridgehead atoms.